The van der Waals surface area contributed by atoms with Gasteiger partial charge in [0.25, 0.3) is 5.91 Å². The van der Waals surface area contributed by atoms with Crippen molar-refractivity contribution in [3.05, 3.63) is 29.8 Å². The van der Waals surface area contributed by atoms with Crippen molar-refractivity contribution in [2.75, 3.05) is 38.0 Å². The third kappa shape index (κ3) is 3.95. The fourth-order valence-corrected chi connectivity index (χ4v) is 7.02. The largest absolute Gasteiger partial charge is 0.366 e. The molecule has 4 aliphatic carbocycles. The van der Waals surface area contributed by atoms with Gasteiger partial charge in [-0.15, -0.1) is 0 Å². The minimum absolute atomic E-state index is 0.0905. The summed E-state index contributed by atoms with van der Waals surface area (Å²) in [7, 11) is 0. The number of rotatable bonds is 5. The molecule has 1 aromatic carbocycles. The number of carbonyl (C=O) groups is 3. The number of amides is 3. The van der Waals surface area contributed by atoms with Crippen LogP contribution in [0.1, 0.15) is 48.9 Å². The van der Waals surface area contributed by atoms with Crippen LogP contribution in [-0.4, -0.2) is 60.2 Å². The Kier molecular flexibility index (Phi) is 5.24. The predicted molar refractivity (Wildman–Crippen MR) is 117 cm³/mol. The van der Waals surface area contributed by atoms with Crippen molar-refractivity contribution in [2.24, 2.45) is 28.9 Å². The minimum Gasteiger partial charge on any atom is -0.366 e. The normalized spacial score (nSPS) is 32.1. The molecule has 3 N–H and O–H groups in total. The maximum atomic E-state index is 13.5. The zero-order chi connectivity index (χ0) is 21.6. The molecule has 5 fully saturated rings. The number of primary amides is 1. The number of nitrogens with zero attached hydrogens (tertiary/aromatic N) is 2. The van der Waals surface area contributed by atoms with Crippen molar-refractivity contribution in [3.8, 4) is 0 Å². The first kappa shape index (κ1) is 20.5. The van der Waals surface area contributed by atoms with Crippen LogP contribution in [0, 0.1) is 23.2 Å². The number of benzene rings is 1. The van der Waals surface area contributed by atoms with Gasteiger partial charge in [0.1, 0.15) is 0 Å². The van der Waals surface area contributed by atoms with Crippen LogP contribution >= 0.6 is 0 Å². The van der Waals surface area contributed by atoms with Crippen molar-refractivity contribution in [3.63, 3.8) is 0 Å². The topological polar surface area (TPSA) is 95.7 Å². The monoisotopic (exact) mass is 424 g/mol. The van der Waals surface area contributed by atoms with Gasteiger partial charge in [-0.1, -0.05) is 12.1 Å². The highest BCUT2D eigenvalue weighted by molar-refractivity contribution is 6.03. The number of para-hydroxylation sites is 1. The van der Waals surface area contributed by atoms with E-state index in [9.17, 15) is 14.4 Å². The summed E-state index contributed by atoms with van der Waals surface area (Å²) in [6.45, 7) is 3.01. The van der Waals surface area contributed by atoms with Crippen LogP contribution < -0.4 is 11.1 Å². The van der Waals surface area contributed by atoms with E-state index < -0.39 is 5.91 Å². The van der Waals surface area contributed by atoms with Crippen LogP contribution in [0.15, 0.2) is 24.3 Å². The van der Waals surface area contributed by atoms with Gasteiger partial charge in [-0.25, -0.2) is 0 Å². The molecule has 0 atom stereocenters. The second-order valence-electron chi connectivity index (χ2n) is 10.2. The summed E-state index contributed by atoms with van der Waals surface area (Å²) in [5.41, 5.74) is 6.04. The van der Waals surface area contributed by atoms with E-state index in [1.807, 2.05) is 0 Å². The van der Waals surface area contributed by atoms with Gasteiger partial charge in [-0.3, -0.25) is 19.3 Å². The predicted octanol–water partition coefficient (Wildman–Crippen LogP) is 2.08. The zero-order valence-corrected chi connectivity index (χ0v) is 18.0. The molecular formula is C24H32N4O3. The number of nitrogens with two attached hydrogens (primary N) is 1. The van der Waals surface area contributed by atoms with Gasteiger partial charge >= 0.3 is 0 Å². The van der Waals surface area contributed by atoms with Gasteiger partial charge in [0.15, 0.2) is 0 Å². The van der Waals surface area contributed by atoms with Gasteiger partial charge in [0.2, 0.25) is 11.8 Å². The lowest BCUT2D eigenvalue weighted by Gasteiger charge is -2.57. The number of hydrogen-bond donors (Lipinski definition) is 2. The third-order valence-electron chi connectivity index (χ3n) is 7.99. The van der Waals surface area contributed by atoms with Crippen molar-refractivity contribution >= 4 is 23.4 Å². The van der Waals surface area contributed by atoms with Crippen LogP contribution in [0.3, 0.4) is 0 Å². The van der Waals surface area contributed by atoms with Gasteiger partial charge in [0.05, 0.1) is 23.2 Å². The van der Waals surface area contributed by atoms with Gasteiger partial charge in [-0.2, -0.15) is 0 Å². The Balaban J connectivity index is 1.15. The molecule has 1 saturated heterocycles. The molecule has 4 saturated carbocycles. The molecule has 3 amide bonds. The van der Waals surface area contributed by atoms with Crippen LogP contribution in [0.2, 0.25) is 0 Å². The van der Waals surface area contributed by atoms with E-state index in [0.717, 1.165) is 37.0 Å². The van der Waals surface area contributed by atoms with E-state index in [-0.39, 0.29) is 17.9 Å². The standard InChI is InChI=1S/C24H32N4O3/c25-22(30)19-3-1-2-4-20(19)26-21(29)15-27-5-7-28(8-6-27)23(31)24-12-16-9-17(13-24)11-18(10-16)14-24/h1-4,16-18H,5-15H2,(H2,25,30)(H,26,29). The summed E-state index contributed by atoms with van der Waals surface area (Å²) >= 11 is 0. The average Bonchev–Trinajstić information content (AvgIpc) is 2.73. The van der Waals surface area contributed by atoms with Crippen molar-refractivity contribution in [1.29, 1.82) is 0 Å². The molecule has 0 spiro atoms. The fraction of sp³-hybridized carbons (Fsp3) is 0.625. The molecule has 7 nitrogen and oxygen atoms in total. The Labute approximate surface area is 183 Å². The molecule has 0 aromatic heterocycles. The van der Waals surface area contributed by atoms with E-state index in [0.29, 0.717) is 43.3 Å². The summed E-state index contributed by atoms with van der Waals surface area (Å²) < 4.78 is 0. The van der Waals surface area contributed by atoms with Crippen LogP contribution in [0.5, 0.6) is 0 Å². The Bertz CT molecular complexity index is 855. The molecular weight excluding hydrogens is 392 g/mol. The lowest BCUT2D eigenvalue weighted by molar-refractivity contribution is -0.159. The fourth-order valence-electron chi connectivity index (χ4n) is 7.02. The summed E-state index contributed by atoms with van der Waals surface area (Å²) in [6.07, 6.45) is 7.32. The second-order valence-corrected chi connectivity index (χ2v) is 10.2. The molecule has 6 rings (SSSR count). The lowest BCUT2D eigenvalue weighted by atomic mass is 9.49. The van der Waals surface area contributed by atoms with E-state index in [2.05, 4.69) is 15.1 Å². The van der Waals surface area contributed by atoms with Crippen LogP contribution in [0.25, 0.3) is 0 Å². The minimum atomic E-state index is -0.562. The smallest absolute Gasteiger partial charge is 0.250 e. The van der Waals surface area contributed by atoms with Crippen LogP contribution in [-0.2, 0) is 9.59 Å². The lowest BCUT2D eigenvalue weighted by Crippen LogP contribution is -2.58. The highest BCUT2D eigenvalue weighted by Crippen LogP contribution is 2.60. The SMILES string of the molecule is NC(=O)c1ccccc1NC(=O)CN1CCN(C(=O)C23CC4CC(CC(C4)C2)C3)CC1. The number of nitrogens with one attached hydrogen (secondary N) is 1. The van der Waals surface area contributed by atoms with Crippen molar-refractivity contribution in [2.45, 2.75) is 38.5 Å². The molecule has 7 heteroatoms. The maximum absolute atomic E-state index is 13.5. The van der Waals surface area contributed by atoms with E-state index in [4.69, 9.17) is 5.73 Å². The summed E-state index contributed by atoms with van der Waals surface area (Å²) in [5.74, 6) is 1.95. The highest BCUT2D eigenvalue weighted by atomic mass is 16.2. The summed E-state index contributed by atoms with van der Waals surface area (Å²) in [5, 5.41) is 2.80. The molecule has 1 heterocycles. The Hall–Kier alpha value is -2.41. The van der Waals surface area contributed by atoms with Crippen molar-refractivity contribution < 1.29 is 14.4 Å². The van der Waals surface area contributed by atoms with Crippen molar-refractivity contribution in [1.82, 2.24) is 9.80 Å². The molecule has 4 bridgehead atoms. The molecule has 1 aromatic rings. The first-order chi connectivity index (χ1) is 14.9. The first-order valence-electron chi connectivity index (χ1n) is 11.6. The quantitative estimate of drug-likeness (QED) is 0.757. The summed E-state index contributed by atoms with van der Waals surface area (Å²) in [6, 6.07) is 6.76. The number of carbonyl (C=O) groups excluding carboxylic acids is 3. The zero-order valence-electron chi connectivity index (χ0n) is 18.0. The molecule has 0 radical (unpaired) electrons. The van der Waals surface area contributed by atoms with Gasteiger partial charge in [-0.05, 0) is 68.4 Å². The molecule has 31 heavy (non-hydrogen) atoms. The number of hydrogen-bond acceptors (Lipinski definition) is 4. The third-order valence-corrected chi connectivity index (χ3v) is 7.99. The molecule has 0 unspecified atom stereocenters. The Morgan fingerprint density at radius 3 is 2.10 bits per heavy atom. The van der Waals surface area contributed by atoms with Crippen LogP contribution in [0.4, 0.5) is 5.69 Å². The average molecular weight is 425 g/mol. The Morgan fingerprint density at radius 1 is 0.935 bits per heavy atom. The van der Waals surface area contributed by atoms with E-state index in [1.165, 1.54) is 19.3 Å². The van der Waals surface area contributed by atoms with E-state index >= 15 is 0 Å². The summed E-state index contributed by atoms with van der Waals surface area (Å²) in [4.78, 5) is 41.7. The number of anilines is 1. The second kappa shape index (κ2) is 7.93. The highest BCUT2D eigenvalue weighted by Gasteiger charge is 2.55. The maximum Gasteiger partial charge on any atom is 0.250 e. The number of piperazine rings is 1. The molecule has 1 aliphatic heterocycles. The molecule has 5 aliphatic rings. The Morgan fingerprint density at radius 2 is 1.52 bits per heavy atom. The van der Waals surface area contributed by atoms with Gasteiger partial charge < -0.3 is 16.0 Å². The van der Waals surface area contributed by atoms with Gasteiger partial charge in [0, 0.05) is 26.2 Å². The first-order valence-corrected chi connectivity index (χ1v) is 11.6. The van der Waals surface area contributed by atoms with E-state index in [1.54, 1.807) is 24.3 Å². The molecule has 166 valence electrons.